The van der Waals surface area contributed by atoms with Gasteiger partial charge in [0.2, 0.25) is 0 Å². The number of aromatic nitrogens is 3. The third-order valence-corrected chi connectivity index (χ3v) is 8.57. The van der Waals surface area contributed by atoms with Crippen LogP contribution in [0.2, 0.25) is 0 Å². The normalized spacial score (nSPS) is 11.9. The van der Waals surface area contributed by atoms with Crippen LogP contribution in [0.1, 0.15) is 67.9 Å². The summed E-state index contributed by atoms with van der Waals surface area (Å²) in [5.41, 5.74) is 5.63. The molecule has 0 aliphatic carbocycles. The summed E-state index contributed by atoms with van der Waals surface area (Å²) >= 11 is 0. The molecule has 1 amide bonds. The number of benzene rings is 2. The fraction of sp³-hybridized carbons (Fsp3) is 0.353. The topological polar surface area (TPSA) is 168 Å². The minimum absolute atomic E-state index is 0.110. The molecule has 0 spiro atoms. The molecule has 250 valence electrons. The molecular formula is C34H42N6O6S. The molecular weight excluding hydrogens is 620 g/mol. The van der Waals surface area contributed by atoms with Crippen molar-refractivity contribution in [2.75, 3.05) is 18.6 Å². The predicted molar refractivity (Wildman–Crippen MR) is 181 cm³/mol. The van der Waals surface area contributed by atoms with Crippen molar-refractivity contribution >= 4 is 28.1 Å². The van der Waals surface area contributed by atoms with Crippen molar-refractivity contribution in [3.8, 4) is 22.8 Å². The fourth-order valence-electron chi connectivity index (χ4n) is 4.95. The van der Waals surface area contributed by atoms with Gasteiger partial charge >= 0.3 is 0 Å². The van der Waals surface area contributed by atoms with E-state index in [0.717, 1.165) is 43.4 Å². The number of aryl methyl sites for hydroxylation is 2. The first-order valence-electron chi connectivity index (χ1n) is 15.4. The number of anilines is 1. The molecule has 4 aromatic rings. The Morgan fingerprint density at radius 3 is 2.57 bits per heavy atom. The van der Waals surface area contributed by atoms with E-state index in [-0.39, 0.29) is 27.5 Å². The molecule has 2 heterocycles. The highest BCUT2D eigenvalue weighted by atomic mass is 32.2. The number of hydrogen-bond donors (Lipinski definition) is 4. The van der Waals surface area contributed by atoms with Gasteiger partial charge in [0.15, 0.2) is 0 Å². The molecule has 0 saturated carbocycles. The van der Waals surface area contributed by atoms with Crippen molar-refractivity contribution in [2.24, 2.45) is 17.6 Å². The maximum atomic E-state index is 12.7. The van der Waals surface area contributed by atoms with Gasteiger partial charge in [-0.05, 0) is 60.6 Å². The molecule has 2 aromatic heterocycles. The number of unbranched alkanes of at least 4 members (excludes halogenated alkanes) is 2. The van der Waals surface area contributed by atoms with Crippen LogP contribution in [-0.4, -0.2) is 58.1 Å². The lowest BCUT2D eigenvalue weighted by Gasteiger charge is -2.25. The Bertz CT molecular complexity index is 1800. The Kier molecular flexibility index (Phi) is 11.7. The van der Waals surface area contributed by atoms with Gasteiger partial charge in [0.05, 0.1) is 24.1 Å². The Labute approximate surface area is 275 Å². The number of carbonyl (C=O) groups is 1. The standard InChI is InChI=1S/C34H42N6O6S/c1-5-24-19-27(28-15-17-40(4)39-28)29(41)20-30(24)46-18-10-6-9-16-34(2,3)23-36-33(42)26-13-14-32(35-21-26)38-37-22-25-11-7-8-12-31(25)47(43,44)45/h7-8,11-15,17,19-22,41H,5-6,9-10,16,18,23H2,1-4H3,(H,35,38)(H,36,42)(H,43,44,45)/b37-22+. The number of hydrazone groups is 1. The largest absolute Gasteiger partial charge is 0.507 e. The summed E-state index contributed by atoms with van der Waals surface area (Å²) in [6.07, 6.45) is 9.06. The van der Waals surface area contributed by atoms with Crippen LogP contribution < -0.4 is 15.5 Å². The SMILES string of the molecule is CCc1cc(-c2ccn(C)n2)c(O)cc1OCCCCCC(C)(C)CNC(=O)c1ccc(N/N=C/c2ccccc2S(=O)(=O)O)nc1. The number of phenolic OH excluding ortho intramolecular Hbond substituents is 1. The average molecular weight is 663 g/mol. The second-order valence-corrected chi connectivity index (χ2v) is 13.4. The van der Waals surface area contributed by atoms with E-state index < -0.39 is 10.1 Å². The monoisotopic (exact) mass is 662 g/mol. The number of nitrogens with one attached hydrogen (secondary N) is 2. The van der Waals surface area contributed by atoms with Gasteiger partial charge in [-0.15, -0.1) is 0 Å². The fourth-order valence-corrected chi connectivity index (χ4v) is 5.62. The molecule has 0 radical (unpaired) electrons. The first-order valence-corrected chi connectivity index (χ1v) is 16.9. The zero-order valence-electron chi connectivity index (χ0n) is 27.1. The van der Waals surface area contributed by atoms with Crippen LogP contribution in [0.3, 0.4) is 0 Å². The van der Waals surface area contributed by atoms with E-state index in [1.165, 1.54) is 30.6 Å². The van der Waals surface area contributed by atoms with Crippen LogP contribution in [0, 0.1) is 5.41 Å². The lowest BCUT2D eigenvalue weighted by atomic mass is 9.87. The summed E-state index contributed by atoms with van der Waals surface area (Å²) in [6.45, 7) is 7.34. The highest BCUT2D eigenvalue weighted by Gasteiger charge is 2.19. The van der Waals surface area contributed by atoms with Gasteiger partial charge in [-0.1, -0.05) is 51.8 Å². The minimum atomic E-state index is -4.38. The van der Waals surface area contributed by atoms with Gasteiger partial charge in [0, 0.05) is 43.2 Å². The second-order valence-electron chi connectivity index (χ2n) is 12.0. The number of phenols is 1. The second kappa shape index (κ2) is 15.7. The van der Waals surface area contributed by atoms with E-state index in [9.17, 15) is 22.9 Å². The van der Waals surface area contributed by atoms with Crippen molar-refractivity contribution in [1.82, 2.24) is 20.1 Å². The predicted octanol–water partition coefficient (Wildman–Crippen LogP) is 5.84. The highest BCUT2D eigenvalue weighted by Crippen LogP contribution is 2.35. The molecule has 0 aliphatic heterocycles. The van der Waals surface area contributed by atoms with Crippen LogP contribution in [0.15, 0.2) is 77.0 Å². The van der Waals surface area contributed by atoms with E-state index >= 15 is 0 Å². The van der Waals surface area contributed by atoms with Crippen LogP contribution in [-0.2, 0) is 23.6 Å². The molecule has 0 fully saturated rings. The number of carbonyl (C=O) groups excluding carboxylic acids is 1. The van der Waals surface area contributed by atoms with E-state index in [4.69, 9.17) is 4.74 Å². The number of aromatic hydroxyl groups is 1. The first kappa shape index (κ1) is 35.1. The summed E-state index contributed by atoms with van der Waals surface area (Å²) in [6, 6.07) is 14.6. The van der Waals surface area contributed by atoms with Crippen molar-refractivity contribution in [1.29, 1.82) is 0 Å². The molecule has 0 aliphatic rings. The molecule has 0 bridgehead atoms. The maximum Gasteiger partial charge on any atom is 0.295 e. The van der Waals surface area contributed by atoms with Crippen molar-refractivity contribution in [3.63, 3.8) is 0 Å². The number of nitrogens with zero attached hydrogens (tertiary/aromatic N) is 4. The number of rotatable bonds is 16. The molecule has 12 nitrogen and oxygen atoms in total. The Balaban J connectivity index is 1.17. The zero-order chi connectivity index (χ0) is 34.0. The zero-order valence-corrected chi connectivity index (χ0v) is 27.9. The number of ether oxygens (including phenoxy) is 1. The highest BCUT2D eigenvalue weighted by molar-refractivity contribution is 7.86. The van der Waals surface area contributed by atoms with Crippen LogP contribution in [0.4, 0.5) is 5.82 Å². The summed E-state index contributed by atoms with van der Waals surface area (Å²) in [5.74, 6) is 0.964. The third kappa shape index (κ3) is 10.1. The molecule has 13 heteroatoms. The quantitative estimate of drug-likeness (QED) is 0.0499. The van der Waals surface area contributed by atoms with Crippen molar-refractivity contribution in [2.45, 2.75) is 57.8 Å². The molecule has 4 N–H and O–H groups in total. The van der Waals surface area contributed by atoms with E-state index in [1.807, 2.05) is 25.4 Å². The summed E-state index contributed by atoms with van der Waals surface area (Å²) < 4.78 is 40.1. The van der Waals surface area contributed by atoms with Gasteiger partial charge in [0.25, 0.3) is 16.0 Å². The van der Waals surface area contributed by atoms with Gasteiger partial charge in [-0.2, -0.15) is 18.6 Å². The minimum Gasteiger partial charge on any atom is -0.507 e. The van der Waals surface area contributed by atoms with E-state index in [0.29, 0.717) is 35.8 Å². The molecule has 0 unspecified atom stereocenters. The van der Waals surface area contributed by atoms with Crippen molar-refractivity contribution < 1.29 is 27.6 Å². The summed E-state index contributed by atoms with van der Waals surface area (Å²) in [7, 11) is -2.54. The molecule has 0 atom stereocenters. The lowest BCUT2D eigenvalue weighted by Crippen LogP contribution is -2.34. The van der Waals surface area contributed by atoms with Crippen molar-refractivity contribution in [3.05, 3.63) is 83.7 Å². The van der Waals surface area contributed by atoms with Crippen LogP contribution >= 0.6 is 0 Å². The number of hydrogen-bond acceptors (Lipinski definition) is 9. The Hall–Kier alpha value is -4.75. The van der Waals surface area contributed by atoms with Gasteiger partial charge < -0.3 is 15.2 Å². The number of amides is 1. The smallest absolute Gasteiger partial charge is 0.295 e. The Morgan fingerprint density at radius 1 is 1.11 bits per heavy atom. The summed E-state index contributed by atoms with van der Waals surface area (Å²) in [5, 5.41) is 21.9. The number of pyridine rings is 1. The Morgan fingerprint density at radius 2 is 1.89 bits per heavy atom. The van der Waals surface area contributed by atoms with Crippen LogP contribution in [0.25, 0.3) is 11.3 Å². The van der Waals surface area contributed by atoms with Gasteiger partial charge in [-0.25, -0.2) is 4.98 Å². The van der Waals surface area contributed by atoms with Gasteiger partial charge in [0.1, 0.15) is 22.2 Å². The van der Waals surface area contributed by atoms with Crippen LogP contribution in [0.5, 0.6) is 11.5 Å². The molecule has 47 heavy (non-hydrogen) atoms. The van der Waals surface area contributed by atoms with Gasteiger partial charge in [-0.3, -0.25) is 19.5 Å². The molecule has 2 aromatic carbocycles. The third-order valence-electron chi connectivity index (χ3n) is 7.64. The molecule has 0 saturated heterocycles. The molecule has 4 rings (SSSR count). The van der Waals surface area contributed by atoms with E-state index in [1.54, 1.807) is 28.9 Å². The first-order chi connectivity index (χ1) is 22.4. The maximum absolute atomic E-state index is 12.7. The van der Waals surface area contributed by atoms with E-state index in [2.05, 4.69) is 46.7 Å². The summed E-state index contributed by atoms with van der Waals surface area (Å²) in [4.78, 5) is 16.7. The average Bonchev–Trinajstić information content (AvgIpc) is 3.47. The lowest BCUT2D eigenvalue weighted by molar-refractivity contribution is 0.0933.